The number of nitrogens with zero attached hydrogens (tertiary/aromatic N) is 1. The minimum Gasteiger partial charge on any atom is -0.455 e. The molecule has 2 heterocycles. The molecule has 1 N–H and O–H groups in total. The second-order valence-electron chi connectivity index (χ2n) is 9.35. The van der Waals surface area contributed by atoms with Crippen molar-refractivity contribution in [1.29, 1.82) is 0 Å². The molecular formula is C28H22ClF3N2O5. The van der Waals surface area contributed by atoms with E-state index in [1.165, 1.54) is 18.2 Å². The van der Waals surface area contributed by atoms with Crippen LogP contribution in [-0.4, -0.2) is 28.5 Å². The number of carbonyl (C=O) groups is 2. The van der Waals surface area contributed by atoms with Crippen LogP contribution in [0.2, 0.25) is 5.02 Å². The normalized spacial score (nSPS) is 17.3. The molecule has 0 saturated carbocycles. The van der Waals surface area contributed by atoms with Crippen molar-refractivity contribution in [2.45, 2.75) is 38.8 Å². The summed E-state index contributed by atoms with van der Waals surface area (Å²) in [7, 11) is 0. The van der Waals surface area contributed by atoms with Gasteiger partial charge in [-0.2, -0.15) is 0 Å². The number of imide groups is 1. The van der Waals surface area contributed by atoms with Crippen molar-refractivity contribution in [1.82, 2.24) is 9.88 Å². The second kappa shape index (κ2) is 9.85. The monoisotopic (exact) mass is 558 g/mol. The van der Waals surface area contributed by atoms with Crippen LogP contribution >= 0.6 is 11.6 Å². The second-order valence-corrected chi connectivity index (χ2v) is 9.79. The fraction of sp³-hybridized carbons (Fsp3) is 0.214. The Morgan fingerprint density at radius 1 is 0.974 bits per heavy atom. The van der Waals surface area contributed by atoms with Crippen LogP contribution in [0.15, 0.2) is 66.7 Å². The predicted molar refractivity (Wildman–Crippen MR) is 137 cm³/mol. The van der Waals surface area contributed by atoms with Crippen molar-refractivity contribution in [2.24, 2.45) is 0 Å². The van der Waals surface area contributed by atoms with Gasteiger partial charge in [-0.15, -0.1) is 13.2 Å². The standard InChI is InChI=1S/C28H22ClF3N2O5/c1-16-24(37-20-9-7-19(29)8-10-20)22-12-11-21(38-28(30,31)32)13-23(22)34(16)15-18-5-3-17(4-6-18)14-27(2)25(35)33-26(36)39-27/h3-13H,14-15H2,1-2H3,(H,33,35,36)/t27-/m0/s1. The Labute approximate surface area is 226 Å². The molecule has 3 aromatic carbocycles. The topological polar surface area (TPSA) is 78.8 Å². The van der Waals surface area contributed by atoms with Gasteiger partial charge in [0.05, 0.1) is 11.2 Å². The maximum absolute atomic E-state index is 12.9. The van der Waals surface area contributed by atoms with Gasteiger partial charge >= 0.3 is 12.5 Å². The molecule has 0 unspecified atom stereocenters. The quantitative estimate of drug-likeness (QED) is 0.267. The molecule has 202 valence electrons. The van der Waals surface area contributed by atoms with Gasteiger partial charge in [-0.1, -0.05) is 35.9 Å². The van der Waals surface area contributed by atoms with Crippen LogP contribution in [0.25, 0.3) is 10.9 Å². The molecule has 1 aromatic heterocycles. The van der Waals surface area contributed by atoms with Gasteiger partial charge in [0.2, 0.25) is 0 Å². The summed E-state index contributed by atoms with van der Waals surface area (Å²) >= 11 is 5.98. The molecule has 7 nitrogen and oxygen atoms in total. The smallest absolute Gasteiger partial charge is 0.455 e. The van der Waals surface area contributed by atoms with Crippen LogP contribution in [-0.2, 0) is 22.5 Å². The van der Waals surface area contributed by atoms with E-state index in [0.717, 1.165) is 11.1 Å². The van der Waals surface area contributed by atoms with E-state index >= 15 is 0 Å². The summed E-state index contributed by atoms with van der Waals surface area (Å²) in [5, 5.41) is 3.28. The van der Waals surface area contributed by atoms with Crippen molar-refractivity contribution in [3.8, 4) is 17.2 Å². The van der Waals surface area contributed by atoms with Crippen LogP contribution in [0, 0.1) is 6.92 Å². The van der Waals surface area contributed by atoms with E-state index in [1.807, 2.05) is 35.8 Å². The SMILES string of the molecule is Cc1c(Oc2ccc(Cl)cc2)c2ccc(OC(F)(F)F)cc2n1Cc1ccc(C[C@]2(C)OC(=O)NC2=O)cc1. The molecule has 2 amide bonds. The van der Waals surface area contributed by atoms with Gasteiger partial charge in [0, 0.05) is 29.4 Å². The zero-order chi connectivity index (χ0) is 27.9. The van der Waals surface area contributed by atoms with Gasteiger partial charge in [-0.3, -0.25) is 10.1 Å². The minimum absolute atomic E-state index is 0.188. The van der Waals surface area contributed by atoms with E-state index in [4.69, 9.17) is 21.1 Å². The molecule has 1 atom stereocenters. The highest BCUT2D eigenvalue weighted by Crippen LogP contribution is 2.39. The number of hydrogen-bond donors (Lipinski definition) is 1. The number of ether oxygens (including phenoxy) is 3. The van der Waals surface area contributed by atoms with Crippen LogP contribution in [0.4, 0.5) is 18.0 Å². The first kappa shape index (κ1) is 26.4. The summed E-state index contributed by atoms with van der Waals surface area (Å²) in [4.78, 5) is 23.5. The Morgan fingerprint density at radius 3 is 2.23 bits per heavy atom. The molecular weight excluding hydrogens is 537 g/mol. The molecule has 11 heteroatoms. The molecule has 4 aromatic rings. The molecule has 0 bridgehead atoms. The van der Waals surface area contributed by atoms with E-state index in [-0.39, 0.29) is 12.2 Å². The lowest BCUT2D eigenvalue weighted by Gasteiger charge is -2.19. The first-order valence-electron chi connectivity index (χ1n) is 11.8. The van der Waals surface area contributed by atoms with Gasteiger partial charge in [0.15, 0.2) is 11.4 Å². The number of fused-ring (bicyclic) bond motifs is 1. The highest BCUT2D eigenvalue weighted by Gasteiger charge is 2.44. The van der Waals surface area contributed by atoms with Crippen LogP contribution in [0.3, 0.4) is 0 Å². The molecule has 0 radical (unpaired) electrons. The summed E-state index contributed by atoms with van der Waals surface area (Å²) in [5.74, 6) is 0.159. The average Bonchev–Trinajstić information content (AvgIpc) is 3.26. The largest absolute Gasteiger partial charge is 0.573 e. The summed E-state index contributed by atoms with van der Waals surface area (Å²) in [6.07, 6.45) is -5.42. The van der Waals surface area contributed by atoms with E-state index in [0.29, 0.717) is 39.7 Å². The number of cyclic esters (lactones) is 1. The number of rotatable bonds is 7. The highest BCUT2D eigenvalue weighted by molar-refractivity contribution is 6.30. The lowest BCUT2D eigenvalue weighted by atomic mass is 9.95. The summed E-state index contributed by atoms with van der Waals surface area (Å²) in [6.45, 7) is 3.67. The molecule has 0 spiro atoms. The number of alkyl carbamates (subject to hydrolysis) is 1. The number of carbonyl (C=O) groups excluding carboxylic acids is 2. The minimum atomic E-state index is -4.83. The van der Waals surface area contributed by atoms with E-state index in [9.17, 15) is 22.8 Å². The Bertz CT molecular complexity index is 1570. The molecule has 1 aliphatic rings. The number of nitrogens with one attached hydrogen (secondary N) is 1. The Hall–Kier alpha value is -4.18. The third-order valence-corrected chi connectivity index (χ3v) is 6.68. The Kier molecular flexibility index (Phi) is 6.67. The molecule has 1 saturated heterocycles. The van der Waals surface area contributed by atoms with Crippen molar-refractivity contribution in [2.75, 3.05) is 0 Å². The zero-order valence-electron chi connectivity index (χ0n) is 20.8. The van der Waals surface area contributed by atoms with E-state index in [1.54, 1.807) is 31.2 Å². The number of amides is 2. The van der Waals surface area contributed by atoms with Gasteiger partial charge in [-0.25, -0.2) is 4.79 Å². The maximum atomic E-state index is 12.9. The van der Waals surface area contributed by atoms with Crippen molar-refractivity contribution in [3.05, 3.63) is 88.6 Å². The van der Waals surface area contributed by atoms with Crippen LogP contribution < -0.4 is 14.8 Å². The lowest BCUT2D eigenvalue weighted by molar-refractivity contribution is -0.274. The van der Waals surface area contributed by atoms with Gasteiger partial charge < -0.3 is 18.8 Å². The van der Waals surface area contributed by atoms with Crippen molar-refractivity contribution >= 4 is 34.5 Å². The molecule has 1 fully saturated rings. The van der Waals surface area contributed by atoms with Gasteiger partial charge in [-0.05, 0) is 61.4 Å². The van der Waals surface area contributed by atoms with Gasteiger partial charge in [0.25, 0.3) is 5.91 Å². The van der Waals surface area contributed by atoms with Crippen molar-refractivity contribution in [3.63, 3.8) is 0 Å². The summed E-state index contributed by atoms with van der Waals surface area (Å²) in [6, 6.07) is 18.2. The molecule has 0 aliphatic carbocycles. The first-order valence-corrected chi connectivity index (χ1v) is 12.2. The molecule has 5 rings (SSSR count). The van der Waals surface area contributed by atoms with E-state index < -0.39 is 24.0 Å². The third kappa shape index (κ3) is 5.65. The number of aromatic nitrogens is 1. The van der Waals surface area contributed by atoms with Crippen LogP contribution in [0.5, 0.6) is 17.2 Å². The first-order chi connectivity index (χ1) is 18.4. The molecule has 39 heavy (non-hydrogen) atoms. The number of halogens is 4. The average molecular weight is 559 g/mol. The third-order valence-electron chi connectivity index (χ3n) is 6.42. The van der Waals surface area contributed by atoms with Crippen LogP contribution in [0.1, 0.15) is 23.7 Å². The lowest BCUT2D eigenvalue weighted by Crippen LogP contribution is -2.38. The van der Waals surface area contributed by atoms with Gasteiger partial charge in [0.1, 0.15) is 11.5 Å². The summed E-state index contributed by atoms with van der Waals surface area (Å²) in [5.41, 5.74) is 1.50. The zero-order valence-corrected chi connectivity index (χ0v) is 21.5. The fourth-order valence-corrected chi connectivity index (χ4v) is 4.65. The fourth-order valence-electron chi connectivity index (χ4n) is 4.53. The van der Waals surface area contributed by atoms with Crippen molar-refractivity contribution < 1.29 is 37.0 Å². The predicted octanol–water partition coefficient (Wildman–Crippen LogP) is 6.91. The number of alkyl halides is 3. The molecule has 1 aliphatic heterocycles. The van der Waals surface area contributed by atoms with E-state index in [2.05, 4.69) is 10.1 Å². The summed E-state index contributed by atoms with van der Waals surface area (Å²) < 4.78 is 56.1. The number of benzene rings is 3. The number of hydrogen-bond acceptors (Lipinski definition) is 5. The Morgan fingerprint density at radius 2 is 1.62 bits per heavy atom. The Balaban J connectivity index is 1.47. The highest BCUT2D eigenvalue weighted by atomic mass is 35.5. The maximum Gasteiger partial charge on any atom is 0.573 e.